The van der Waals surface area contributed by atoms with Gasteiger partial charge in [0.1, 0.15) is 11.2 Å². The van der Waals surface area contributed by atoms with Crippen molar-refractivity contribution < 1.29 is 5.11 Å². The van der Waals surface area contributed by atoms with Gasteiger partial charge in [-0.3, -0.25) is 4.40 Å². The number of aliphatic hydroxyl groups excluding tert-OH is 1. The van der Waals surface area contributed by atoms with Crippen LogP contribution in [0.3, 0.4) is 0 Å². The van der Waals surface area contributed by atoms with Gasteiger partial charge in [0.25, 0.3) is 0 Å². The number of aromatic nitrogens is 2. The molecule has 0 radical (unpaired) electrons. The van der Waals surface area contributed by atoms with Crippen LogP contribution >= 0.6 is 11.3 Å². The highest BCUT2D eigenvalue weighted by Gasteiger charge is 2.30. The lowest BCUT2D eigenvalue weighted by Gasteiger charge is -2.28. The number of imidazole rings is 1. The second-order valence-electron chi connectivity index (χ2n) is 6.84. The van der Waals surface area contributed by atoms with Crippen LogP contribution < -0.4 is 0 Å². The molecule has 0 unspecified atom stereocenters. The molecule has 2 fully saturated rings. The van der Waals surface area contributed by atoms with Gasteiger partial charge in [-0.25, -0.2) is 4.98 Å². The summed E-state index contributed by atoms with van der Waals surface area (Å²) in [6.07, 6.45) is 15.0. The quantitative estimate of drug-likeness (QED) is 0.891. The molecule has 2 heterocycles. The molecule has 1 N–H and O–H groups in total. The fourth-order valence-corrected chi connectivity index (χ4v) is 5.28. The number of rotatable bonds is 4. The van der Waals surface area contributed by atoms with E-state index in [9.17, 15) is 5.11 Å². The van der Waals surface area contributed by atoms with Crippen molar-refractivity contribution in [3.63, 3.8) is 0 Å². The molecule has 0 aliphatic heterocycles. The first kappa shape index (κ1) is 13.8. The normalized spacial score (nSPS) is 22.5. The molecule has 0 amide bonds. The Morgan fingerprint density at radius 3 is 2.71 bits per heavy atom. The van der Waals surface area contributed by atoms with Gasteiger partial charge >= 0.3 is 0 Å². The fourth-order valence-electron chi connectivity index (χ4n) is 3.96. The van der Waals surface area contributed by atoms with E-state index in [2.05, 4.69) is 9.38 Å². The minimum absolute atomic E-state index is 0.313. The number of hydrogen-bond donors (Lipinski definition) is 1. The molecular weight excluding hydrogens is 280 g/mol. The minimum Gasteiger partial charge on any atom is -0.387 e. The van der Waals surface area contributed by atoms with Crippen molar-refractivity contribution in [2.45, 2.75) is 69.8 Å². The predicted octanol–water partition coefficient (Wildman–Crippen LogP) is 4.67. The molecular formula is C17H24N2OS. The molecule has 21 heavy (non-hydrogen) atoms. The molecule has 3 nitrogen and oxygen atoms in total. The van der Waals surface area contributed by atoms with E-state index >= 15 is 0 Å². The van der Waals surface area contributed by atoms with Crippen LogP contribution in [0.25, 0.3) is 4.83 Å². The lowest BCUT2D eigenvalue weighted by molar-refractivity contribution is 0.125. The summed E-state index contributed by atoms with van der Waals surface area (Å²) >= 11 is 1.85. The summed E-state index contributed by atoms with van der Waals surface area (Å²) in [4.78, 5) is 6.88. The van der Waals surface area contributed by atoms with Crippen molar-refractivity contribution in [1.82, 2.24) is 9.38 Å². The third kappa shape index (κ3) is 2.53. The van der Waals surface area contributed by atoms with Crippen LogP contribution in [-0.4, -0.2) is 14.5 Å². The Morgan fingerprint density at radius 1 is 1.19 bits per heavy atom. The van der Waals surface area contributed by atoms with E-state index < -0.39 is 0 Å². The third-order valence-corrected chi connectivity index (χ3v) is 6.68. The van der Waals surface area contributed by atoms with Crippen molar-refractivity contribution in [3.8, 4) is 0 Å². The Morgan fingerprint density at radius 2 is 2.00 bits per heavy atom. The molecule has 0 saturated heterocycles. The van der Waals surface area contributed by atoms with Gasteiger partial charge in [-0.05, 0) is 31.1 Å². The number of hydrogen-bond acceptors (Lipinski definition) is 3. The van der Waals surface area contributed by atoms with Crippen molar-refractivity contribution in [2.75, 3.05) is 0 Å². The fraction of sp³-hybridized carbons (Fsp3) is 0.706. The molecule has 2 aromatic heterocycles. The van der Waals surface area contributed by atoms with Crippen LogP contribution in [0.4, 0.5) is 0 Å². The highest BCUT2D eigenvalue weighted by Crippen LogP contribution is 2.45. The largest absolute Gasteiger partial charge is 0.387 e. The second-order valence-corrected chi connectivity index (χ2v) is 7.90. The van der Waals surface area contributed by atoms with E-state index in [0.29, 0.717) is 11.8 Å². The summed E-state index contributed by atoms with van der Waals surface area (Å²) in [6.45, 7) is 0. The van der Waals surface area contributed by atoms with Crippen LogP contribution in [0, 0.1) is 5.92 Å². The van der Waals surface area contributed by atoms with Crippen LogP contribution in [0.5, 0.6) is 0 Å². The molecule has 2 aromatic rings. The molecule has 2 saturated carbocycles. The molecule has 2 aliphatic rings. The molecule has 0 spiro atoms. The van der Waals surface area contributed by atoms with Gasteiger partial charge in [-0.1, -0.05) is 38.5 Å². The van der Waals surface area contributed by atoms with Gasteiger partial charge in [0, 0.05) is 4.88 Å². The average Bonchev–Trinajstić information content (AvgIpc) is 2.98. The first-order valence-corrected chi connectivity index (χ1v) is 9.27. The first-order chi connectivity index (χ1) is 10.3. The Hall–Kier alpha value is -0.870. The van der Waals surface area contributed by atoms with E-state index in [1.165, 1.54) is 61.1 Å². The maximum Gasteiger partial charge on any atom is 0.120 e. The molecule has 0 aromatic carbocycles. The lowest BCUT2D eigenvalue weighted by Crippen LogP contribution is -2.16. The average molecular weight is 304 g/mol. The van der Waals surface area contributed by atoms with Gasteiger partial charge in [0.2, 0.25) is 0 Å². The number of thiazole rings is 1. The smallest absolute Gasteiger partial charge is 0.120 e. The van der Waals surface area contributed by atoms with Crippen LogP contribution in [0.15, 0.2) is 12.5 Å². The van der Waals surface area contributed by atoms with E-state index in [0.717, 1.165) is 12.1 Å². The molecule has 1 atom stereocenters. The summed E-state index contributed by atoms with van der Waals surface area (Å²) in [5, 5.41) is 10.9. The number of fused-ring (bicyclic) bond motifs is 1. The van der Waals surface area contributed by atoms with Crippen molar-refractivity contribution in [3.05, 3.63) is 23.1 Å². The monoisotopic (exact) mass is 304 g/mol. The summed E-state index contributed by atoms with van der Waals surface area (Å²) in [7, 11) is 0. The van der Waals surface area contributed by atoms with Crippen LogP contribution in [0.2, 0.25) is 0 Å². The van der Waals surface area contributed by atoms with Crippen LogP contribution in [-0.2, 0) is 0 Å². The summed E-state index contributed by atoms with van der Waals surface area (Å²) in [5.74, 6) is 1.40. The second kappa shape index (κ2) is 5.73. The number of nitrogens with zero attached hydrogens (tertiary/aromatic N) is 2. The zero-order valence-electron chi connectivity index (χ0n) is 12.5. The van der Waals surface area contributed by atoms with E-state index in [4.69, 9.17) is 0 Å². The van der Waals surface area contributed by atoms with Gasteiger partial charge in [-0.2, -0.15) is 0 Å². The molecule has 2 aliphatic carbocycles. The summed E-state index contributed by atoms with van der Waals surface area (Å²) < 4.78 is 2.14. The maximum absolute atomic E-state index is 10.9. The first-order valence-electron chi connectivity index (χ1n) is 8.45. The van der Waals surface area contributed by atoms with E-state index in [1.807, 2.05) is 23.9 Å². The topological polar surface area (TPSA) is 37.5 Å². The van der Waals surface area contributed by atoms with E-state index in [-0.39, 0.29) is 6.10 Å². The Bertz CT molecular complexity index is 607. The highest BCUT2D eigenvalue weighted by molar-refractivity contribution is 7.17. The zero-order chi connectivity index (χ0) is 14.2. The third-order valence-electron chi connectivity index (χ3n) is 5.40. The van der Waals surface area contributed by atoms with Gasteiger partial charge in [-0.15, -0.1) is 11.3 Å². The number of aliphatic hydroxyl groups is 1. The Labute approximate surface area is 130 Å². The van der Waals surface area contributed by atoms with Crippen molar-refractivity contribution >= 4 is 16.2 Å². The van der Waals surface area contributed by atoms with Gasteiger partial charge < -0.3 is 5.11 Å². The summed E-state index contributed by atoms with van der Waals surface area (Å²) in [6, 6.07) is 0. The van der Waals surface area contributed by atoms with Gasteiger partial charge in [0.15, 0.2) is 0 Å². The zero-order valence-corrected chi connectivity index (χ0v) is 13.3. The lowest BCUT2D eigenvalue weighted by atomic mass is 9.81. The Balaban J connectivity index is 1.61. The SMILES string of the molecule is O[C@@H](CC1CCCCC1)c1c(C2CCC2)sc2cncn12. The predicted molar refractivity (Wildman–Crippen MR) is 85.8 cm³/mol. The van der Waals surface area contributed by atoms with Crippen molar-refractivity contribution in [2.24, 2.45) is 5.92 Å². The highest BCUT2D eigenvalue weighted by atomic mass is 32.1. The standard InChI is InChI=1S/C17H24N2OS/c20-14(9-12-5-2-1-3-6-12)16-17(13-7-4-8-13)21-15-10-18-11-19(15)16/h10-14,20H,1-9H2/t14-/m0/s1. The molecule has 4 heteroatoms. The maximum atomic E-state index is 10.9. The van der Waals surface area contributed by atoms with Crippen molar-refractivity contribution in [1.29, 1.82) is 0 Å². The Kier molecular flexibility index (Phi) is 3.76. The molecule has 114 valence electrons. The van der Waals surface area contributed by atoms with E-state index in [1.54, 1.807) is 0 Å². The minimum atomic E-state index is -0.313. The van der Waals surface area contributed by atoms with Gasteiger partial charge in [0.05, 0.1) is 18.0 Å². The molecule has 0 bridgehead atoms. The molecule has 4 rings (SSSR count). The van der Waals surface area contributed by atoms with Crippen LogP contribution in [0.1, 0.15) is 80.4 Å². The summed E-state index contributed by atoms with van der Waals surface area (Å²) in [5.41, 5.74) is 1.16.